The number of nitrogens with zero attached hydrogens (tertiary/aromatic N) is 2. The third-order valence-corrected chi connectivity index (χ3v) is 6.63. The molecule has 4 N–H and O–H groups in total. The smallest absolute Gasteiger partial charge is 0.271 e. The van der Waals surface area contributed by atoms with E-state index in [1.54, 1.807) is 13.8 Å². The fraction of sp³-hybridized carbons (Fsp3) is 0.350. The van der Waals surface area contributed by atoms with Crippen LogP contribution in [0.15, 0.2) is 47.4 Å². The molecule has 0 atom stereocenters. The summed E-state index contributed by atoms with van der Waals surface area (Å²) in [5, 5.41) is 28.4. The molecule has 0 aliphatic carbocycles. The van der Waals surface area contributed by atoms with Gasteiger partial charge in [-0.25, -0.2) is 8.42 Å². The first-order valence-electron chi connectivity index (χ1n) is 10.00. The first-order valence-corrected chi connectivity index (χ1v) is 11.4. The first-order chi connectivity index (χ1) is 15.2. The molecule has 12 heteroatoms. The van der Waals surface area contributed by atoms with Gasteiger partial charge in [-0.2, -0.15) is 4.31 Å². The highest BCUT2D eigenvalue weighted by molar-refractivity contribution is 7.89. The molecule has 0 aromatic heterocycles. The van der Waals surface area contributed by atoms with Crippen molar-refractivity contribution in [3.05, 3.63) is 52.6 Å². The minimum absolute atomic E-state index is 0.128. The van der Waals surface area contributed by atoms with Crippen LogP contribution in [0.25, 0.3) is 0 Å². The second-order valence-electron chi connectivity index (χ2n) is 6.65. The van der Waals surface area contributed by atoms with E-state index in [2.05, 4.69) is 16.0 Å². The summed E-state index contributed by atoms with van der Waals surface area (Å²) in [6.45, 7) is 4.15. The topological polar surface area (TPSA) is 154 Å². The molecular weight excluding hydrogens is 438 g/mol. The molecular formula is C20H27N5O6S. The van der Waals surface area contributed by atoms with Gasteiger partial charge in [0, 0.05) is 37.5 Å². The summed E-state index contributed by atoms with van der Waals surface area (Å²) in [4.78, 5) is 22.9. The van der Waals surface area contributed by atoms with Crippen molar-refractivity contribution in [2.75, 3.05) is 48.7 Å². The number of benzene rings is 2. The number of carbonyl (C=O) groups excluding carboxylic acids is 1. The van der Waals surface area contributed by atoms with Gasteiger partial charge in [0.2, 0.25) is 15.9 Å². The Morgan fingerprint density at radius 3 is 2.28 bits per heavy atom. The predicted molar refractivity (Wildman–Crippen MR) is 122 cm³/mol. The van der Waals surface area contributed by atoms with Crippen molar-refractivity contribution in [2.45, 2.75) is 18.7 Å². The molecule has 2 aromatic rings. The number of hydrogen-bond donors (Lipinski definition) is 4. The van der Waals surface area contributed by atoms with E-state index in [1.165, 1.54) is 46.8 Å². The summed E-state index contributed by atoms with van der Waals surface area (Å²) in [6.07, 6.45) is 0. The lowest BCUT2D eigenvalue weighted by Crippen LogP contribution is -2.30. The summed E-state index contributed by atoms with van der Waals surface area (Å²) in [7, 11) is -3.59. The highest BCUT2D eigenvalue weighted by Crippen LogP contribution is 2.27. The average molecular weight is 466 g/mol. The van der Waals surface area contributed by atoms with Gasteiger partial charge in [-0.1, -0.05) is 13.8 Å². The van der Waals surface area contributed by atoms with Crippen LogP contribution in [0.5, 0.6) is 0 Å². The van der Waals surface area contributed by atoms with E-state index < -0.39 is 20.9 Å². The van der Waals surface area contributed by atoms with Crippen molar-refractivity contribution < 1.29 is 23.2 Å². The molecule has 0 fully saturated rings. The molecule has 32 heavy (non-hydrogen) atoms. The fourth-order valence-electron chi connectivity index (χ4n) is 2.94. The molecule has 0 unspecified atom stereocenters. The lowest BCUT2D eigenvalue weighted by Gasteiger charge is -2.18. The quantitative estimate of drug-likeness (QED) is 0.274. The Hall–Kier alpha value is -3.22. The van der Waals surface area contributed by atoms with Crippen LogP contribution in [0.1, 0.15) is 13.8 Å². The minimum Gasteiger partial charge on any atom is -0.395 e. The molecule has 0 radical (unpaired) electrons. The van der Waals surface area contributed by atoms with Gasteiger partial charge in [-0.15, -0.1) is 0 Å². The zero-order chi connectivity index (χ0) is 23.7. The summed E-state index contributed by atoms with van der Waals surface area (Å²) < 4.78 is 26.4. The van der Waals surface area contributed by atoms with Crippen LogP contribution < -0.4 is 16.0 Å². The Kier molecular flexibility index (Phi) is 8.93. The van der Waals surface area contributed by atoms with E-state index >= 15 is 0 Å². The Morgan fingerprint density at radius 1 is 1.06 bits per heavy atom. The number of aliphatic hydroxyl groups is 1. The summed E-state index contributed by atoms with van der Waals surface area (Å²) in [5.74, 6) is -0.427. The molecule has 0 spiro atoms. The van der Waals surface area contributed by atoms with Crippen LogP contribution in [0, 0.1) is 10.1 Å². The summed E-state index contributed by atoms with van der Waals surface area (Å²) in [5.41, 5.74) is 1.10. The lowest BCUT2D eigenvalue weighted by molar-refractivity contribution is -0.384. The van der Waals surface area contributed by atoms with Gasteiger partial charge in [0.05, 0.1) is 34.3 Å². The Bertz CT molecular complexity index is 1040. The van der Waals surface area contributed by atoms with Crippen LogP contribution >= 0.6 is 0 Å². The van der Waals surface area contributed by atoms with Crippen LogP contribution in [0.2, 0.25) is 0 Å². The SMILES string of the molecule is CCN(CC)S(=O)(=O)c1ccc(NC(=O)CNc2cc([N+](=O)[O-])ccc2NCCO)cc1. The molecule has 174 valence electrons. The maximum Gasteiger partial charge on any atom is 0.271 e. The van der Waals surface area contributed by atoms with Gasteiger partial charge in [-0.05, 0) is 30.3 Å². The highest BCUT2D eigenvalue weighted by atomic mass is 32.2. The van der Waals surface area contributed by atoms with Crippen molar-refractivity contribution in [3.63, 3.8) is 0 Å². The molecule has 0 aliphatic rings. The van der Waals surface area contributed by atoms with Crippen molar-refractivity contribution in [1.29, 1.82) is 0 Å². The number of amides is 1. The van der Waals surface area contributed by atoms with Crippen molar-refractivity contribution in [2.24, 2.45) is 0 Å². The predicted octanol–water partition coefficient (Wildman–Crippen LogP) is 2.08. The van der Waals surface area contributed by atoms with Gasteiger partial charge in [0.15, 0.2) is 0 Å². The van der Waals surface area contributed by atoms with Gasteiger partial charge in [0.1, 0.15) is 0 Å². The second kappa shape index (κ2) is 11.4. The van der Waals surface area contributed by atoms with E-state index in [0.29, 0.717) is 30.2 Å². The van der Waals surface area contributed by atoms with Gasteiger partial charge in [0.25, 0.3) is 5.69 Å². The third-order valence-electron chi connectivity index (χ3n) is 4.56. The number of sulfonamides is 1. The number of hydrogen-bond acceptors (Lipinski definition) is 8. The molecule has 2 rings (SSSR count). The van der Waals surface area contributed by atoms with Gasteiger partial charge < -0.3 is 21.1 Å². The first kappa shape index (κ1) is 25.0. The minimum atomic E-state index is -3.59. The van der Waals surface area contributed by atoms with Gasteiger partial charge >= 0.3 is 0 Å². The maximum absolute atomic E-state index is 12.5. The van der Waals surface area contributed by atoms with Crippen molar-refractivity contribution in [1.82, 2.24) is 4.31 Å². The number of anilines is 3. The van der Waals surface area contributed by atoms with Crippen LogP contribution in [-0.2, 0) is 14.8 Å². The summed E-state index contributed by atoms with van der Waals surface area (Å²) >= 11 is 0. The highest BCUT2D eigenvalue weighted by Gasteiger charge is 2.21. The lowest BCUT2D eigenvalue weighted by atomic mass is 10.2. The number of nitro groups is 1. The number of aliphatic hydroxyl groups excluding tert-OH is 1. The Balaban J connectivity index is 2.06. The number of carbonyl (C=O) groups is 1. The Labute approximate surface area is 186 Å². The van der Waals surface area contributed by atoms with Crippen molar-refractivity contribution in [3.8, 4) is 0 Å². The molecule has 2 aromatic carbocycles. The zero-order valence-corrected chi connectivity index (χ0v) is 18.7. The summed E-state index contributed by atoms with van der Waals surface area (Å²) in [6, 6.07) is 9.94. The van der Waals surface area contributed by atoms with Crippen LogP contribution in [-0.4, -0.2) is 61.4 Å². The molecule has 0 heterocycles. The van der Waals surface area contributed by atoms with Crippen LogP contribution in [0.4, 0.5) is 22.7 Å². The van der Waals surface area contributed by atoms with E-state index in [9.17, 15) is 23.3 Å². The van der Waals surface area contributed by atoms with E-state index in [0.717, 1.165) is 0 Å². The van der Waals surface area contributed by atoms with E-state index in [4.69, 9.17) is 5.11 Å². The molecule has 0 bridgehead atoms. The Morgan fingerprint density at radius 2 is 1.72 bits per heavy atom. The van der Waals surface area contributed by atoms with E-state index in [1.807, 2.05) is 0 Å². The number of rotatable bonds is 12. The second-order valence-corrected chi connectivity index (χ2v) is 8.59. The third kappa shape index (κ3) is 6.39. The molecule has 0 saturated heterocycles. The molecule has 0 saturated carbocycles. The average Bonchev–Trinajstić information content (AvgIpc) is 2.77. The maximum atomic E-state index is 12.5. The van der Waals surface area contributed by atoms with Crippen LogP contribution in [0.3, 0.4) is 0 Å². The van der Waals surface area contributed by atoms with Crippen molar-refractivity contribution >= 4 is 38.7 Å². The monoisotopic (exact) mass is 465 g/mol. The van der Waals surface area contributed by atoms with Gasteiger partial charge in [-0.3, -0.25) is 14.9 Å². The number of nitro benzene ring substituents is 1. The standard InChI is InChI=1S/C20H27N5O6S/c1-3-24(4-2)32(30,31)17-8-5-15(6-9-17)23-20(27)14-22-19-13-16(25(28)29)7-10-18(19)21-11-12-26/h5-10,13,21-22,26H,3-4,11-12,14H2,1-2H3,(H,23,27). The molecule has 1 amide bonds. The normalized spacial score (nSPS) is 11.2. The zero-order valence-electron chi connectivity index (χ0n) is 17.9. The molecule has 0 aliphatic heterocycles. The fourth-order valence-corrected chi connectivity index (χ4v) is 4.40. The number of non-ortho nitro benzene ring substituents is 1. The largest absolute Gasteiger partial charge is 0.395 e. The molecule has 11 nitrogen and oxygen atoms in total. The van der Waals surface area contributed by atoms with E-state index in [-0.39, 0.29) is 30.3 Å². The number of nitrogens with one attached hydrogen (secondary N) is 3.